The molecule has 2 rings (SSSR count). The third kappa shape index (κ3) is 4.32. The van der Waals surface area contributed by atoms with Crippen LogP contribution in [0.25, 0.3) is 0 Å². The van der Waals surface area contributed by atoms with Crippen molar-refractivity contribution in [2.24, 2.45) is 11.7 Å². The van der Waals surface area contributed by atoms with Crippen LogP contribution in [0, 0.1) is 5.92 Å². The summed E-state index contributed by atoms with van der Waals surface area (Å²) in [7, 11) is 0. The zero-order valence-electron chi connectivity index (χ0n) is 13.9. The summed E-state index contributed by atoms with van der Waals surface area (Å²) < 4.78 is 5.39. The van der Waals surface area contributed by atoms with E-state index in [-0.39, 0.29) is 24.4 Å². The third-order valence-corrected chi connectivity index (χ3v) is 4.57. The molecule has 5 nitrogen and oxygen atoms in total. The van der Waals surface area contributed by atoms with Crippen LogP contribution in [-0.2, 0) is 20.9 Å². The van der Waals surface area contributed by atoms with Crippen molar-refractivity contribution >= 4 is 11.9 Å². The molecule has 1 aromatic carbocycles. The van der Waals surface area contributed by atoms with E-state index in [1.165, 1.54) is 0 Å². The SMILES string of the molecule is CC[C@H](C)[C@H](N)C(=O)N1CCC[C@H]1C(=O)OCc1ccccc1. The first kappa shape index (κ1) is 17.5. The Morgan fingerprint density at radius 3 is 2.70 bits per heavy atom. The van der Waals surface area contributed by atoms with Gasteiger partial charge in [-0.05, 0) is 24.3 Å². The first-order valence-electron chi connectivity index (χ1n) is 8.31. The molecule has 1 aromatic rings. The molecule has 0 saturated carbocycles. The molecule has 2 N–H and O–H groups in total. The highest BCUT2D eigenvalue weighted by Gasteiger charge is 2.38. The minimum Gasteiger partial charge on any atom is -0.459 e. The summed E-state index contributed by atoms with van der Waals surface area (Å²) in [5.41, 5.74) is 6.97. The zero-order chi connectivity index (χ0) is 16.8. The Kier molecular flexibility index (Phi) is 6.16. The van der Waals surface area contributed by atoms with Gasteiger partial charge in [-0.15, -0.1) is 0 Å². The molecular weight excluding hydrogens is 292 g/mol. The molecule has 0 bridgehead atoms. The van der Waals surface area contributed by atoms with Crippen molar-refractivity contribution in [3.05, 3.63) is 35.9 Å². The third-order valence-electron chi connectivity index (χ3n) is 4.57. The Bertz CT molecular complexity index is 532. The smallest absolute Gasteiger partial charge is 0.329 e. The summed E-state index contributed by atoms with van der Waals surface area (Å²) >= 11 is 0. The van der Waals surface area contributed by atoms with Gasteiger partial charge in [0.15, 0.2) is 0 Å². The quantitative estimate of drug-likeness (QED) is 0.815. The summed E-state index contributed by atoms with van der Waals surface area (Å²) in [6.45, 7) is 4.78. The maximum Gasteiger partial charge on any atom is 0.329 e. The van der Waals surface area contributed by atoms with Crippen molar-refractivity contribution in [1.82, 2.24) is 4.90 Å². The molecule has 0 unspecified atom stereocenters. The zero-order valence-corrected chi connectivity index (χ0v) is 13.9. The van der Waals surface area contributed by atoms with Crippen LogP contribution in [0.4, 0.5) is 0 Å². The number of nitrogens with two attached hydrogens (primary N) is 1. The number of carbonyl (C=O) groups excluding carboxylic acids is 2. The summed E-state index contributed by atoms with van der Waals surface area (Å²) in [4.78, 5) is 26.5. The Morgan fingerprint density at radius 1 is 1.35 bits per heavy atom. The Morgan fingerprint density at radius 2 is 2.04 bits per heavy atom. The van der Waals surface area contributed by atoms with Crippen LogP contribution in [0.1, 0.15) is 38.7 Å². The molecule has 0 radical (unpaired) electrons. The summed E-state index contributed by atoms with van der Waals surface area (Å²) in [6, 6.07) is 8.48. The highest BCUT2D eigenvalue weighted by Crippen LogP contribution is 2.21. The second-order valence-electron chi connectivity index (χ2n) is 6.19. The van der Waals surface area contributed by atoms with E-state index in [1.54, 1.807) is 4.90 Å². The minimum absolute atomic E-state index is 0.101. The van der Waals surface area contributed by atoms with Gasteiger partial charge in [-0.3, -0.25) is 4.79 Å². The lowest BCUT2D eigenvalue weighted by Gasteiger charge is -2.28. The molecule has 1 fully saturated rings. The van der Waals surface area contributed by atoms with Crippen molar-refractivity contribution < 1.29 is 14.3 Å². The van der Waals surface area contributed by atoms with E-state index in [4.69, 9.17) is 10.5 Å². The summed E-state index contributed by atoms with van der Waals surface area (Å²) in [6.07, 6.45) is 2.29. The topological polar surface area (TPSA) is 72.6 Å². The lowest BCUT2D eigenvalue weighted by molar-refractivity contribution is -0.155. The second-order valence-corrected chi connectivity index (χ2v) is 6.19. The number of esters is 1. The number of ether oxygens (including phenoxy) is 1. The molecule has 1 amide bonds. The number of benzene rings is 1. The van der Waals surface area contributed by atoms with Gasteiger partial charge in [-0.25, -0.2) is 4.79 Å². The van der Waals surface area contributed by atoms with Crippen molar-refractivity contribution in [2.45, 2.75) is 51.8 Å². The fraction of sp³-hybridized carbons (Fsp3) is 0.556. The van der Waals surface area contributed by atoms with Crippen LogP contribution >= 0.6 is 0 Å². The molecule has 1 aliphatic heterocycles. The van der Waals surface area contributed by atoms with E-state index in [0.717, 1.165) is 18.4 Å². The van der Waals surface area contributed by atoms with Gasteiger partial charge >= 0.3 is 5.97 Å². The fourth-order valence-electron chi connectivity index (χ4n) is 2.79. The summed E-state index contributed by atoms with van der Waals surface area (Å²) in [5.74, 6) is -0.376. The largest absolute Gasteiger partial charge is 0.459 e. The van der Waals surface area contributed by atoms with Crippen LogP contribution in [0.5, 0.6) is 0 Å². The van der Waals surface area contributed by atoms with E-state index in [2.05, 4.69) is 0 Å². The number of amides is 1. The molecule has 5 heteroatoms. The van der Waals surface area contributed by atoms with Crippen LogP contribution in [-0.4, -0.2) is 35.4 Å². The van der Waals surface area contributed by atoms with Crippen LogP contribution < -0.4 is 5.73 Å². The first-order chi connectivity index (χ1) is 11.0. The highest BCUT2D eigenvalue weighted by molar-refractivity contribution is 5.88. The van der Waals surface area contributed by atoms with E-state index < -0.39 is 12.1 Å². The highest BCUT2D eigenvalue weighted by atomic mass is 16.5. The average Bonchev–Trinajstić information content (AvgIpc) is 3.08. The van der Waals surface area contributed by atoms with Crippen molar-refractivity contribution in [1.29, 1.82) is 0 Å². The van der Waals surface area contributed by atoms with Gasteiger partial charge in [-0.2, -0.15) is 0 Å². The van der Waals surface area contributed by atoms with Gasteiger partial charge in [0.25, 0.3) is 0 Å². The maximum atomic E-state index is 12.5. The van der Waals surface area contributed by atoms with Crippen molar-refractivity contribution in [3.8, 4) is 0 Å². The molecule has 1 heterocycles. The van der Waals surface area contributed by atoms with E-state index in [9.17, 15) is 9.59 Å². The number of nitrogens with zero attached hydrogens (tertiary/aromatic N) is 1. The molecule has 1 aliphatic rings. The Hall–Kier alpha value is -1.88. The van der Waals surface area contributed by atoms with Crippen molar-refractivity contribution in [2.75, 3.05) is 6.54 Å². The molecular formula is C18H26N2O3. The number of likely N-dealkylation sites (tertiary alicyclic amines) is 1. The maximum absolute atomic E-state index is 12.5. The normalized spacial score (nSPS) is 20.1. The Labute approximate surface area is 137 Å². The fourth-order valence-corrected chi connectivity index (χ4v) is 2.79. The van der Waals surface area contributed by atoms with E-state index >= 15 is 0 Å². The molecule has 0 aliphatic carbocycles. The van der Waals surface area contributed by atoms with Crippen LogP contribution in [0.2, 0.25) is 0 Å². The number of hydrogen-bond acceptors (Lipinski definition) is 4. The van der Waals surface area contributed by atoms with Gasteiger partial charge in [0.2, 0.25) is 5.91 Å². The lowest BCUT2D eigenvalue weighted by atomic mass is 9.98. The van der Waals surface area contributed by atoms with Crippen LogP contribution in [0.3, 0.4) is 0 Å². The lowest BCUT2D eigenvalue weighted by Crippen LogP contribution is -2.51. The van der Waals surface area contributed by atoms with Gasteiger partial charge in [0, 0.05) is 6.54 Å². The predicted octanol–water partition coefficient (Wildman–Crippen LogP) is 2.09. The number of rotatable bonds is 6. The monoisotopic (exact) mass is 318 g/mol. The molecule has 126 valence electrons. The van der Waals surface area contributed by atoms with Gasteiger partial charge in [-0.1, -0.05) is 50.6 Å². The van der Waals surface area contributed by atoms with Gasteiger partial charge in [0.1, 0.15) is 12.6 Å². The number of hydrogen-bond donors (Lipinski definition) is 1. The van der Waals surface area contributed by atoms with Gasteiger partial charge in [0.05, 0.1) is 6.04 Å². The Balaban J connectivity index is 1.95. The second kappa shape index (κ2) is 8.11. The number of carbonyl (C=O) groups is 2. The van der Waals surface area contributed by atoms with Crippen LogP contribution in [0.15, 0.2) is 30.3 Å². The molecule has 3 atom stereocenters. The van der Waals surface area contributed by atoms with Gasteiger partial charge < -0.3 is 15.4 Å². The van der Waals surface area contributed by atoms with E-state index in [0.29, 0.717) is 13.0 Å². The van der Waals surface area contributed by atoms with E-state index in [1.807, 2.05) is 44.2 Å². The first-order valence-corrected chi connectivity index (χ1v) is 8.31. The molecule has 0 aromatic heterocycles. The molecule has 0 spiro atoms. The summed E-state index contributed by atoms with van der Waals surface area (Å²) in [5, 5.41) is 0. The molecule has 23 heavy (non-hydrogen) atoms. The predicted molar refractivity (Wildman–Crippen MR) is 88.4 cm³/mol. The minimum atomic E-state index is -0.553. The average molecular weight is 318 g/mol. The van der Waals surface area contributed by atoms with Crippen molar-refractivity contribution in [3.63, 3.8) is 0 Å². The molecule has 1 saturated heterocycles. The standard InChI is InChI=1S/C18H26N2O3/c1-3-13(2)16(19)17(21)20-11-7-10-15(20)18(22)23-12-14-8-5-4-6-9-14/h4-6,8-9,13,15-16H,3,7,10-12,19H2,1-2H3/t13-,15-,16-/m0/s1.